The second-order valence-electron chi connectivity index (χ2n) is 7.11. The maximum atomic E-state index is 12.7. The summed E-state index contributed by atoms with van der Waals surface area (Å²) in [6.45, 7) is 0. The zero-order chi connectivity index (χ0) is 23.7. The Morgan fingerprint density at radius 1 is 0.971 bits per heavy atom. The van der Waals surface area contributed by atoms with Gasteiger partial charge in [-0.05, 0) is 54.6 Å². The van der Waals surface area contributed by atoms with Gasteiger partial charge in [-0.3, -0.25) is 9.78 Å². The van der Waals surface area contributed by atoms with E-state index < -0.39 is 18.0 Å². The zero-order valence-corrected chi connectivity index (χ0v) is 17.2. The van der Waals surface area contributed by atoms with E-state index in [4.69, 9.17) is 8.83 Å². The summed E-state index contributed by atoms with van der Waals surface area (Å²) in [6, 6.07) is 16.8. The molecule has 0 atom stereocenters. The van der Waals surface area contributed by atoms with Gasteiger partial charge < -0.3 is 18.9 Å². The summed E-state index contributed by atoms with van der Waals surface area (Å²) >= 11 is 0. The lowest BCUT2D eigenvalue weighted by molar-refractivity contribution is -0.274. The zero-order valence-electron chi connectivity index (χ0n) is 17.2. The first-order valence-corrected chi connectivity index (χ1v) is 9.93. The maximum absolute atomic E-state index is 12.7. The normalized spacial score (nSPS) is 11.5. The number of para-hydroxylation sites is 1. The molecule has 34 heavy (non-hydrogen) atoms. The van der Waals surface area contributed by atoms with E-state index in [9.17, 15) is 18.0 Å². The number of oxazole rings is 1. The van der Waals surface area contributed by atoms with Gasteiger partial charge in [0, 0.05) is 18.1 Å². The summed E-state index contributed by atoms with van der Waals surface area (Å²) in [7, 11) is 0. The monoisotopic (exact) mass is 465 g/mol. The number of alkyl halides is 3. The molecule has 0 aliphatic heterocycles. The number of amides is 1. The number of hydrogen-bond acceptors (Lipinski definition) is 6. The van der Waals surface area contributed by atoms with E-state index in [0.29, 0.717) is 28.2 Å². The standard InChI is InChI=1S/C24H14F3N3O4/c25-24(26,27)34-19-6-2-1-5-16(19)18-9-10-21(32-18)22(31)29-15-7-8-20-17(12-15)30-23(33-20)14-4-3-11-28-13-14/h1-13H,(H,29,31). The fraction of sp³-hybridized carbons (Fsp3) is 0.0417. The summed E-state index contributed by atoms with van der Waals surface area (Å²) in [5, 5.41) is 2.68. The van der Waals surface area contributed by atoms with E-state index in [2.05, 4.69) is 20.0 Å². The average Bonchev–Trinajstić information content (AvgIpc) is 3.46. The van der Waals surface area contributed by atoms with E-state index in [1.54, 1.807) is 36.7 Å². The van der Waals surface area contributed by atoms with E-state index in [0.717, 1.165) is 6.07 Å². The van der Waals surface area contributed by atoms with Crippen molar-refractivity contribution in [3.05, 3.63) is 84.9 Å². The molecule has 2 aromatic carbocycles. The Labute approximate surface area is 189 Å². The van der Waals surface area contributed by atoms with Gasteiger partial charge in [0.25, 0.3) is 5.91 Å². The van der Waals surface area contributed by atoms with Crippen LogP contribution in [-0.2, 0) is 0 Å². The largest absolute Gasteiger partial charge is 0.573 e. The summed E-state index contributed by atoms with van der Waals surface area (Å²) in [5.41, 5.74) is 2.25. The lowest BCUT2D eigenvalue weighted by Crippen LogP contribution is -2.17. The average molecular weight is 465 g/mol. The number of carbonyl (C=O) groups is 1. The van der Waals surface area contributed by atoms with Gasteiger partial charge in [-0.25, -0.2) is 4.98 Å². The molecule has 0 saturated carbocycles. The summed E-state index contributed by atoms with van der Waals surface area (Å²) in [6.07, 6.45) is -1.60. The minimum absolute atomic E-state index is 0.0538. The summed E-state index contributed by atoms with van der Waals surface area (Å²) in [5.74, 6) is -0.666. The predicted molar refractivity (Wildman–Crippen MR) is 116 cm³/mol. The van der Waals surface area contributed by atoms with E-state index in [1.165, 1.54) is 30.3 Å². The number of pyridine rings is 1. The van der Waals surface area contributed by atoms with Crippen LogP contribution in [0.15, 0.2) is 88.0 Å². The first-order valence-electron chi connectivity index (χ1n) is 9.93. The predicted octanol–water partition coefficient (Wildman–Crippen LogP) is 6.30. The number of furan rings is 1. The van der Waals surface area contributed by atoms with Gasteiger partial charge in [0.05, 0.1) is 11.1 Å². The van der Waals surface area contributed by atoms with Gasteiger partial charge >= 0.3 is 6.36 Å². The smallest absolute Gasteiger partial charge is 0.451 e. The van der Waals surface area contributed by atoms with Crippen molar-refractivity contribution in [2.45, 2.75) is 6.36 Å². The van der Waals surface area contributed by atoms with Crippen molar-refractivity contribution in [2.75, 3.05) is 5.32 Å². The first-order chi connectivity index (χ1) is 16.4. The van der Waals surface area contributed by atoms with Crippen molar-refractivity contribution in [3.8, 4) is 28.5 Å². The highest BCUT2D eigenvalue weighted by atomic mass is 19.4. The molecule has 0 aliphatic rings. The minimum atomic E-state index is -4.86. The molecule has 1 amide bonds. The molecule has 0 bridgehead atoms. The number of rotatable bonds is 5. The molecular formula is C24H14F3N3O4. The summed E-state index contributed by atoms with van der Waals surface area (Å²) < 4.78 is 53.3. The fourth-order valence-corrected chi connectivity index (χ4v) is 3.30. The summed E-state index contributed by atoms with van der Waals surface area (Å²) in [4.78, 5) is 21.1. The number of nitrogens with zero attached hydrogens (tertiary/aromatic N) is 2. The second kappa shape index (κ2) is 8.39. The van der Waals surface area contributed by atoms with Crippen molar-refractivity contribution in [3.63, 3.8) is 0 Å². The van der Waals surface area contributed by atoms with Crippen LogP contribution < -0.4 is 10.1 Å². The van der Waals surface area contributed by atoms with Crippen LogP contribution in [0, 0.1) is 0 Å². The Morgan fingerprint density at radius 2 is 1.82 bits per heavy atom. The third-order valence-corrected chi connectivity index (χ3v) is 4.76. The minimum Gasteiger partial charge on any atom is -0.451 e. The number of carbonyl (C=O) groups excluding carboxylic acids is 1. The number of benzene rings is 2. The van der Waals surface area contributed by atoms with Crippen LogP contribution in [0.2, 0.25) is 0 Å². The molecule has 7 nitrogen and oxygen atoms in total. The van der Waals surface area contributed by atoms with Crippen LogP contribution in [0.1, 0.15) is 10.6 Å². The first kappa shape index (κ1) is 21.3. The van der Waals surface area contributed by atoms with Crippen LogP contribution in [0.4, 0.5) is 18.9 Å². The SMILES string of the molecule is O=C(Nc1ccc2oc(-c3cccnc3)nc2c1)c1ccc(-c2ccccc2OC(F)(F)F)o1. The van der Waals surface area contributed by atoms with Crippen molar-refractivity contribution >= 4 is 22.7 Å². The van der Waals surface area contributed by atoms with Crippen molar-refractivity contribution in [2.24, 2.45) is 0 Å². The third-order valence-electron chi connectivity index (χ3n) is 4.76. The van der Waals surface area contributed by atoms with Gasteiger partial charge in [-0.15, -0.1) is 13.2 Å². The molecule has 0 unspecified atom stereocenters. The second-order valence-corrected chi connectivity index (χ2v) is 7.11. The molecule has 1 N–H and O–H groups in total. The van der Waals surface area contributed by atoms with Gasteiger partial charge in [0.15, 0.2) is 11.3 Å². The fourth-order valence-electron chi connectivity index (χ4n) is 3.30. The van der Waals surface area contributed by atoms with Crippen LogP contribution >= 0.6 is 0 Å². The number of fused-ring (bicyclic) bond motifs is 1. The Balaban J connectivity index is 1.36. The highest BCUT2D eigenvalue weighted by molar-refractivity contribution is 6.03. The molecule has 3 heterocycles. The van der Waals surface area contributed by atoms with Crippen LogP contribution in [0.5, 0.6) is 5.75 Å². The molecular weight excluding hydrogens is 451 g/mol. The lowest BCUT2D eigenvalue weighted by atomic mass is 10.1. The topological polar surface area (TPSA) is 90.4 Å². The quantitative estimate of drug-likeness (QED) is 0.328. The Kier molecular flexibility index (Phi) is 5.25. The van der Waals surface area contributed by atoms with Gasteiger partial charge in [0.2, 0.25) is 5.89 Å². The number of ether oxygens (including phenoxy) is 1. The van der Waals surface area contributed by atoms with E-state index in [-0.39, 0.29) is 17.1 Å². The number of nitrogens with one attached hydrogen (secondary N) is 1. The molecule has 10 heteroatoms. The number of hydrogen-bond donors (Lipinski definition) is 1. The molecule has 5 rings (SSSR count). The van der Waals surface area contributed by atoms with Crippen molar-refractivity contribution in [1.82, 2.24) is 9.97 Å². The number of aromatic nitrogens is 2. The lowest BCUT2D eigenvalue weighted by Gasteiger charge is -2.11. The molecule has 0 radical (unpaired) electrons. The van der Waals surface area contributed by atoms with Gasteiger partial charge in [-0.2, -0.15) is 0 Å². The molecule has 0 spiro atoms. The third kappa shape index (κ3) is 4.46. The van der Waals surface area contributed by atoms with Crippen molar-refractivity contribution in [1.29, 1.82) is 0 Å². The van der Waals surface area contributed by atoms with E-state index in [1.807, 2.05) is 6.07 Å². The van der Waals surface area contributed by atoms with Gasteiger partial charge in [-0.1, -0.05) is 12.1 Å². The van der Waals surface area contributed by atoms with Gasteiger partial charge in [0.1, 0.15) is 17.0 Å². The maximum Gasteiger partial charge on any atom is 0.573 e. The van der Waals surface area contributed by atoms with Crippen LogP contribution in [-0.4, -0.2) is 22.2 Å². The molecule has 170 valence electrons. The molecule has 0 saturated heterocycles. The number of halogens is 3. The Hall–Kier alpha value is -4.60. The van der Waals surface area contributed by atoms with Crippen LogP contribution in [0.3, 0.4) is 0 Å². The highest BCUT2D eigenvalue weighted by Gasteiger charge is 2.32. The van der Waals surface area contributed by atoms with E-state index >= 15 is 0 Å². The molecule has 5 aromatic rings. The molecule has 3 aromatic heterocycles. The Morgan fingerprint density at radius 3 is 2.62 bits per heavy atom. The highest BCUT2D eigenvalue weighted by Crippen LogP contribution is 2.35. The number of anilines is 1. The molecule has 0 fully saturated rings. The van der Waals surface area contributed by atoms with Crippen LogP contribution in [0.25, 0.3) is 33.9 Å². The molecule has 0 aliphatic carbocycles. The van der Waals surface area contributed by atoms with Crippen molar-refractivity contribution < 1.29 is 31.5 Å². The Bertz CT molecular complexity index is 1480.